The van der Waals surface area contributed by atoms with Crippen molar-refractivity contribution in [2.75, 3.05) is 7.11 Å². The van der Waals surface area contributed by atoms with Crippen LogP contribution < -0.4 is 4.74 Å². The molecule has 1 aromatic rings. The first-order valence-electron chi connectivity index (χ1n) is 3.58. The second kappa shape index (κ2) is 4.15. The summed E-state index contributed by atoms with van der Waals surface area (Å²) in [7, 11) is 1.65. The zero-order valence-electron chi connectivity index (χ0n) is 7.03. The van der Waals surface area contributed by atoms with E-state index in [0.29, 0.717) is 0 Å². The second-order valence-corrected chi connectivity index (χ2v) is 3.49. The van der Waals surface area contributed by atoms with Gasteiger partial charge in [-0.3, -0.25) is 0 Å². The number of alkyl halides is 1. The van der Waals surface area contributed by atoms with Crippen LogP contribution in [0, 0.1) is 6.92 Å². The minimum atomic E-state index is 0.754. The maximum Gasteiger partial charge on any atom is 0.119 e. The van der Waals surface area contributed by atoms with E-state index in [1.807, 2.05) is 19.1 Å². The molecule has 0 aliphatic rings. The Hall–Kier alpha value is -0.210. The van der Waals surface area contributed by atoms with Crippen molar-refractivity contribution in [1.82, 2.24) is 0 Å². The third-order valence-electron chi connectivity index (χ3n) is 1.68. The van der Waals surface area contributed by atoms with Gasteiger partial charge in [0, 0.05) is 10.4 Å². The van der Waals surface area contributed by atoms with Crippen LogP contribution in [0.25, 0.3) is 0 Å². The summed E-state index contributed by atoms with van der Waals surface area (Å²) < 4.78 is 5.11. The van der Waals surface area contributed by atoms with E-state index in [1.54, 1.807) is 7.11 Å². The number of hydrogen-bond donors (Lipinski definition) is 0. The minimum absolute atomic E-state index is 0.754. The molecule has 1 aromatic carbocycles. The smallest absolute Gasteiger partial charge is 0.119 e. The number of benzene rings is 1. The van der Waals surface area contributed by atoms with E-state index in [-0.39, 0.29) is 0 Å². The van der Waals surface area contributed by atoms with E-state index in [1.165, 1.54) is 0 Å². The van der Waals surface area contributed by atoms with Crippen molar-refractivity contribution in [2.45, 2.75) is 12.3 Å². The van der Waals surface area contributed by atoms with Crippen LogP contribution in [0.5, 0.6) is 5.75 Å². The topological polar surface area (TPSA) is 9.23 Å². The van der Waals surface area contributed by atoms with Gasteiger partial charge in [0.15, 0.2) is 0 Å². The summed E-state index contributed by atoms with van der Waals surface area (Å²) in [5, 5.41) is 1.57. The van der Waals surface area contributed by atoms with Gasteiger partial charge in [0.05, 0.1) is 7.11 Å². The van der Waals surface area contributed by atoms with Crippen LogP contribution in [0.15, 0.2) is 12.1 Å². The maximum absolute atomic E-state index is 6.04. The number of methoxy groups -OCH3 is 1. The minimum Gasteiger partial charge on any atom is -0.497 e. The summed E-state index contributed by atoms with van der Waals surface area (Å²) in [5.41, 5.74) is 2.11. The Balaban J connectivity index is 3.19. The summed E-state index contributed by atoms with van der Waals surface area (Å²) in [6.45, 7) is 1.97. The van der Waals surface area contributed by atoms with Crippen LogP contribution in [0.3, 0.4) is 0 Å². The van der Waals surface area contributed by atoms with Crippen molar-refractivity contribution >= 4 is 27.5 Å². The highest BCUT2D eigenvalue weighted by Crippen LogP contribution is 2.27. The van der Waals surface area contributed by atoms with E-state index >= 15 is 0 Å². The first-order valence-corrected chi connectivity index (χ1v) is 5.08. The lowest BCUT2D eigenvalue weighted by Crippen LogP contribution is -1.89. The third-order valence-corrected chi connectivity index (χ3v) is 2.83. The summed E-state index contributed by atoms with van der Waals surface area (Å²) in [6, 6.07) is 3.86. The highest BCUT2D eigenvalue weighted by Gasteiger charge is 2.04. The van der Waals surface area contributed by atoms with Gasteiger partial charge < -0.3 is 4.74 Å². The molecule has 0 unspecified atom stereocenters. The number of aryl methyl sites for hydroxylation is 1. The predicted molar refractivity (Wildman–Crippen MR) is 55.4 cm³/mol. The third kappa shape index (κ3) is 1.93. The maximum atomic E-state index is 6.04. The fourth-order valence-corrected chi connectivity index (χ4v) is 1.80. The number of hydrogen-bond acceptors (Lipinski definition) is 1. The fourth-order valence-electron chi connectivity index (χ4n) is 1.02. The Morgan fingerprint density at radius 3 is 2.67 bits per heavy atom. The Labute approximate surface area is 85.8 Å². The SMILES string of the molecule is COc1cc(C)c(Cl)c(CBr)c1. The van der Waals surface area contributed by atoms with Gasteiger partial charge in [0.2, 0.25) is 0 Å². The molecule has 3 heteroatoms. The lowest BCUT2D eigenvalue weighted by Gasteiger charge is -2.07. The van der Waals surface area contributed by atoms with Crippen molar-refractivity contribution in [2.24, 2.45) is 0 Å². The summed E-state index contributed by atoms with van der Waals surface area (Å²) >= 11 is 9.40. The molecule has 66 valence electrons. The Morgan fingerprint density at radius 2 is 2.17 bits per heavy atom. The Morgan fingerprint density at radius 1 is 1.50 bits per heavy atom. The van der Waals surface area contributed by atoms with Gasteiger partial charge in [-0.25, -0.2) is 0 Å². The zero-order valence-corrected chi connectivity index (χ0v) is 9.37. The van der Waals surface area contributed by atoms with Gasteiger partial charge in [-0.05, 0) is 30.2 Å². The molecule has 1 rings (SSSR count). The summed E-state index contributed by atoms with van der Waals surface area (Å²) in [6.07, 6.45) is 0. The molecule has 12 heavy (non-hydrogen) atoms. The molecule has 0 bridgehead atoms. The molecule has 0 spiro atoms. The lowest BCUT2D eigenvalue weighted by molar-refractivity contribution is 0.414. The van der Waals surface area contributed by atoms with Gasteiger partial charge in [0.25, 0.3) is 0 Å². The normalized spacial score (nSPS) is 10.0. The molecular formula is C9H10BrClO. The van der Waals surface area contributed by atoms with E-state index in [2.05, 4.69) is 15.9 Å². The largest absolute Gasteiger partial charge is 0.497 e. The molecule has 0 saturated carbocycles. The molecule has 0 aliphatic heterocycles. The zero-order chi connectivity index (χ0) is 9.14. The van der Waals surface area contributed by atoms with E-state index in [4.69, 9.17) is 16.3 Å². The molecule has 0 heterocycles. The van der Waals surface area contributed by atoms with Crippen LogP contribution in [0.1, 0.15) is 11.1 Å². The van der Waals surface area contributed by atoms with Gasteiger partial charge in [0.1, 0.15) is 5.75 Å². The first kappa shape index (κ1) is 9.87. The Bertz CT molecular complexity index is 286. The van der Waals surface area contributed by atoms with Gasteiger partial charge in [-0.2, -0.15) is 0 Å². The number of ether oxygens (including phenoxy) is 1. The molecule has 0 radical (unpaired) electrons. The van der Waals surface area contributed by atoms with Gasteiger partial charge >= 0.3 is 0 Å². The van der Waals surface area contributed by atoms with Crippen molar-refractivity contribution in [3.8, 4) is 5.75 Å². The standard InChI is InChI=1S/C9H10BrClO/c1-6-3-8(12-2)4-7(5-10)9(6)11/h3-4H,5H2,1-2H3. The van der Waals surface area contributed by atoms with E-state index < -0.39 is 0 Å². The fraction of sp³-hybridized carbons (Fsp3) is 0.333. The van der Waals surface area contributed by atoms with Crippen molar-refractivity contribution in [3.63, 3.8) is 0 Å². The molecule has 0 amide bonds. The summed E-state index contributed by atoms with van der Waals surface area (Å²) in [5.74, 6) is 0.853. The van der Waals surface area contributed by atoms with Gasteiger partial charge in [-0.1, -0.05) is 27.5 Å². The molecule has 0 fully saturated rings. The van der Waals surface area contributed by atoms with Crippen molar-refractivity contribution < 1.29 is 4.74 Å². The monoisotopic (exact) mass is 248 g/mol. The first-order chi connectivity index (χ1) is 5.69. The predicted octanol–water partition coefficient (Wildman–Crippen LogP) is 3.55. The van der Waals surface area contributed by atoms with E-state index in [9.17, 15) is 0 Å². The van der Waals surface area contributed by atoms with Crippen LogP contribution in [0.2, 0.25) is 5.02 Å². The molecule has 0 saturated heterocycles. The number of rotatable bonds is 2. The quantitative estimate of drug-likeness (QED) is 0.728. The van der Waals surface area contributed by atoms with Crippen LogP contribution in [-0.4, -0.2) is 7.11 Å². The molecule has 0 atom stereocenters. The molecule has 0 N–H and O–H groups in total. The molecule has 0 aromatic heterocycles. The summed E-state index contributed by atoms with van der Waals surface area (Å²) in [4.78, 5) is 0. The molecule has 1 nitrogen and oxygen atoms in total. The van der Waals surface area contributed by atoms with E-state index in [0.717, 1.165) is 27.2 Å². The van der Waals surface area contributed by atoms with Crippen molar-refractivity contribution in [3.05, 3.63) is 28.3 Å². The van der Waals surface area contributed by atoms with Crippen LogP contribution >= 0.6 is 27.5 Å². The average molecular weight is 250 g/mol. The van der Waals surface area contributed by atoms with Crippen LogP contribution in [0.4, 0.5) is 0 Å². The second-order valence-electron chi connectivity index (χ2n) is 2.55. The van der Waals surface area contributed by atoms with Crippen molar-refractivity contribution in [1.29, 1.82) is 0 Å². The van der Waals surface area contributed by atoms with Crippen LogP contribution in [-0.2, 0) is 5.33 Å². The average Bonchev–Trinajstić information content (AvgIpc) is 2.09. The number of halogens is 2. The highest BCUT2D eigenvalue weighted by molar-refractivity contribution is 9.08. The molecule has 0 aliphatic carbocycles. The highest BCUT2D eigenvalue weighted by atomic mass is 79.9. The molecular weight excluding hydrogens is 239 g/mol. The lowest BCUT2D eigenvalue weighted by atomic mass is 10.1. The van der Waals surface area contributed by atoms with Gasteiger partial charge in [-0.15, -0.1) is 0 Å². The Kier molecular flexibility index (Phi) is 3.41.